The Labute approximate surface area is 168 Å². The van der Waals surface area contributed by atoms with Crippen LogP contribution in [-0.2, 0) is 10.9 Å². The van der Waals surface area contributed by atoms with Crippen LogP contribution in [0.4, 0.5) is 24.7 Å². The number of hydrogen-bond acceptors (Lipinski definition) is 5. The SMILES string of the molecule is COCC(C1CC1)n1nc(C)nc(Nc2c(Cl)cc(C(F)(F)F)cc2Cl)c1=O. The smallest absolute Gasteiger partial charge is 0.382 e. The number of alkyl halides is 3. The molecule has 3 rings (SSSR count). The fraction of sp³-hybridized carbons (Fsp3) is 0.471. The van der Waals surface area contributed by atoms with Crippen molar-refractivity contribution in [3.63, 3.8) is 0 Å². The standard InChI is InChI=1S/C17H17Cl2F3N4O2/c1-8-23-15(16(27)26(25-8)13(7-28-2)9-3-4-9)24-14-11(18)5-10(6-12(14)19)17(20,21)22/h5-6,9,13H,3-4,7H2,1-2H3,(H,23,24,25). The van der Waals surface area contributed by atoms with Crippen molar-refractivity contribution >= 4 is 34.7 Å². The van der Waals surface area contributed by atoms with E-state index in [1.807, 2.05) is 0 Å². The first-order valence-electron chi connectivity index (χ1n) is 8.41. The zero-order chi connectivity index (χ0) is 20.6. The molecule has 1 atom stereocenters. The molecule has 0 amide bonds. The maximum atomic E-state index is 12.9. The first-order chi connectivity index (χ1) is 13.1. The minimum Gasteiger partial charge on any atom is -0.382 e. The highest BCUT2D eigenvalue weighted by molar-refractivity contribution is 6.39. The van der Waals surface area contributed by atoms with Gasteiger partial charge in [0.25, 0.3) is 0 Å². The molecule has 0 spiro atoms. The lowest BCUT2D eigenvalue weighted by Gasteiger charge is -2.19. The summed E-state index contributed by atoms with van der Waals surface area (Å²) in [6.07, 6.45) is -2.67. The maximum absolute atomic E-state index is 12.9. The lowest BCUT2D eigenvalue weighted by atomic mass is 10.2. The van der Waals surface area contributed by atoms with Crippen LogP contribution in [-0.4, -0.2) is 28.5 Å². The Kier molecular flexibility index (Phi) is 5.88. The first kappa shape index (κ1) is 20.9. The van der Waals surface area contributed by atoms with E-state index in [-0.39, 0.29) is 33.5 Å². The van der Waals surface area contributed by atoms with Crippen LogP contribution >= 0.6 is 23.2 Å². The molecule has 28 heavy (non-hydrogen) atoms. The minimum absolute atomic E-state index is 0.0344. The van der Waals surface area contributed by atoms with Crippen LogP contribution in [0.1, 0.15) is 30.3 Å². The van der Waals surface area contributed by atoms with Crippen molar-refractivity contribution in [2.24, 2.45) is 5.92 Å². The lowest BCUT2D eigenvalue weighted by molar-refractivity contribution is -0.137. The largest absolute Gasteiger partial charge is 0.416 e. The van der Waals surface area contributed by atoms with Gasteiger partial charge in [-0.1, -0.05) is 23.2 Å². The van der Waals surface area contributed by atoms with Gasteiger partial charge in [0.1, 0.15) is 5.82 Å². The van der Waals surface area contributed by atoms with Gasteiger partial charge in [-0.3, -0.25) is 4.79 Å². The molecule has 1 fully saturated rings. The Bertz CT molecular complexity index is 922. The van der Waals surface area contributed by atoms with Crippen LogP contribution in [0.15, 0.2) is 16.9 Å². The second kappa shape index (κ2) is 7.88. The molecule has 1 aromatic heterocycles. The van der Waals surface area contributed by atoms with Gasteiger partial charge >= 0.3 is 11.7 Å². The number of halogens is 5. The van der Waals surface area contributed by atoms with Crippen LogP contribution in [0.25, 0.3) is 0 Å². The summed E-state index contributed by atoms with van der Waals surface area (Å²) in [5.74, 6) is 0.457. The van der Waals surface area contributed by atoms with Gasteiger partial charge in [0.05, 0.1) is 33.9 Å². The second-order valence-corrected chi connectivity index (χ2v) is 7.37. The van der Waals surface area contributed by atoms with Gasteiger partial charge in [0.2, 0.25) is 5.82 Å². The predicted molar refractivity (Wildman–Crippen MR) is 99.4 cm³/mol. The molecule has 1 unspecified atom stereocenters. The number of benzene rings is 1. The Morgan fingerprint density at radius 2 is 1.93 bits per heavy atom. The number of nitrogens with zero attached hydrogens (tertiary/aromatic N) is 3. The Morgan fingerprint density at radius 1 is 1.32 bits per heavy atom. The number of hydrogen-bond donors (Lipinski definition) is 1. The van der Waals surface area contributed by atoms with Crippen molar-refractivity contribution in [3.8, 4) is 0 Å². The third kappa shape index (κ3) is 4.42. The molecule has 0 aliphatic heterocycles. The van der Waals surface area contributed by atoms with E-state index in [0.717, 1.165) is 25.0 Å². The molecule has 1 aliphatic rings. The summed E-state index contributed by atoms with van der Waals surface area (Å²) in [5, 5.41) is 6.31. The molecular formula is C17H17Cl2F3N4O2. The predicted octanol–water partition coefficient (Wildman–Crippen LogP) is 4.61. The Hall–Kier alpha value is -1.84. The van der Waals surface area contributed by atoms with Crippen molar-refractivity contribution in [1.29, 1.82) is 0 Å². The molecule has 1 heterocycles. The van der Waals surface area contributed by atoms with E-state index in [2.05, 4.69) is 15.4 Å². The van der Waals surface area contributed by atoms with Gasteiger partial charge in [-0.2, -0.15) is 18.3 Å². The summed E-state index contributed by atoms with van der Waals surface area (Å²) in [6, 6.07) is 1.22. The number of anilines is 2. The van der Waals surface area contributed by atoms with Gasteiger partial charge in [-0.15, -0.1) is 0 Å². The third-order valence-corrected chi connectivity index (χ3v) is 4.96. The van der Waals surface area contributed by atoms with Gasteiger partial charge in [0.15, 0.2) is 0 Å². The fourth-order valence-corrected chi connectivity index (χ4v) is 3.46. The Morgan fingerprint density at radius 3 is 2.43 bits per heavy atom. The summed E-state index contributed by atoms with van der Waals surface area (Å²) in [5.41, 5.74) is -1.56. The summed E-state index contributed by atoms with van der Waals surface area (Å²) in [4.78, 5) is 16.9. The van der Waals surface area contributed by atoms with Crippen molar-refractivity contribution in [2.45, 2.75) is 32.0 Å². The van der Waals surface area contributed by atoms with Crippen molar-refractivity contribution < 1.29 is 17.9 Å². The van der Waals surface area contributed by atoms with E-state index >= 15 is 0 Å². The van der Waals surface area contributed by atoms with E-state index in [4.69, 9.17) is 27.9 Å². The summed E-state index contributed by atoms with van der Waals surface area (Å²) >= 11 is 12.0. The molecule has 6 nitrogen and oxygen atoms in total. The minimum atomic E-state index is -4.60. The monoisotopic (exact) mass is 436 g/mol. The van der Waals surface area contributed by atoms with E-state index in [1.54, 1.807) is 6.92 Å². The molecule has 0 saturated heterocycles. The van der Waals surface area contributed by atoms with Gasteiger partial charge in [-0.25, -0.2) is 9.67 Å². The van der Waals surface area contributed by atoms with Crippen molar-refractivity contribution in [2.75, 3.05) is 19.0 Å². The molecule has 1 N–H and O–H groups in total. The number of aromatic nitrogens is 3. The van der Waals surface area contributed by atoms with Gasteiger partial charge < -0.3 is 10.1 Å². The van der Waals surface area contributed by atoms with E-state index in [1.165, 1.54) is 11.8 Å². The number of ether oxygens (including phenoxy) is 1. The summed E-state index contributed by atoms with van der Waals surface area (Å²) < 4.78 is 45.2. The van der Waals surface area contributed by atoms with Gasteiger partial charge in [-0.05, 0) is 37.8 Å². The molecule has 0 radical (unpaired) electrons. The zero-order valence-corrected chi connectivity index (χ0v) is 16.5. The van der Waals surface area contributed by atoms with Crippen LogP contribution in [0, 0.1) is 12.8 Å². The van der Waals surface area contributed by atoms with Crippen molar-refractivity contribution in [3.05, 3.63) is 43.9 Å². The summed E-state index contributed by atoms with van der Waals surface area (Å²) in [7, 11) is 1.54. The van der Waals surface area contributed by atoms with Crippen LogP contribution in [0.5, 0.6) is 0 Å². The summed E-state index contributed by atoms with van der Waals surface area (Å²) in [6.45, 7) is 1.91. The van der Waals surface area contributed by atoms with E-state index in [9.17, 15) is 18.0 Å². The van der Waals surface area contributed by atoms with E-state index < -0.39 is 17.3 Å². The molecule has 1 saturated carbocycles. The zero-order valence-electron chi connectivity index (χ0n) is 15.0. The quantitative estimate of drug-likeness (QED) is 0.715. The molecular weight excluding hydrogens is 420 g/mol. The molecule has 11 heteroatoms. The maximum Gasteiger partial charge on any atom is 0.416 e. The molecule has 152 valence electrons. The number of nitrogens with one attached hydrogen (secondary N) is 1. The first-order valence-corrected chi connectivity index (χ1v) is 9.17. The normalized spacial score (nSPS) is 15.5. The molecule has 2 aromatic rings. The molecule has 1 aromatic carbocycles. The topological polar surface area (TPSA) is 69.0 Å². The lowest BCUT2D eigenvalue weighted by Crippen LogP contribution is -2.34. The highest BCUT2D eigenvalue weighted by Gasteiger charge is 2.35. The third-order valence-electron chi connectivity index (χ3n) is 4.37. The highest BCUT2D eigenvalue weighted by Crippen LogP contribution is 2.40. The number of rotatable bonds is 6. The highest BCUT2D eigenvalue weighted by atomic mass is 35.5. The fourth-order valence-electron chi connectivity index (χ4n) is 2.88. The van der Waals surface area contributed by atoms with Gasteiger partial charge in [0, 0.05) is 7.11 Å². The number of methoxy groups -OCH3 is 1. The van der Waals surface area contributed by atoms with Crippen LogP contribution in [0.3, 0.4) is 0 Å². The van der Waals surface area contributed by atoms with E-state index in [0.29, 0.717) is 12.4 Å². The van der Waals surface area contributed by atoms with Crippen LogP contribution in [0.2, 0.25) is 10.0 Å². The average molecular weight is 437 g/mol. The molecule has 1 aliphatic carbocycles. The number of aryl methyl sites for hydroxylation is 1. The average Bonchev–Trinajstić information content (AvgIpc) is 3.42. The Balaban J connectivity index is 2.01. The van der Waals surface area contributed by atoms with Crippen LogP contribution < -0.4 is 10.9 Å². The molecule has 0 bridgehead atoms. The second-order valence-electron chi connectivity index (χ2n) is 6.56. The van der Waals surface area contributed by atoms with Crippen molar-refractivity contribution in [1.82, 2.24) is 14.8 Å².